The van der Waals surface area contributed by atoms with Gasteiger partial charge in [-0.2, -0.15) is 13.2 Å². The molecule has 0 unspecified atom stereocenters. The van der Waals surface area contributed by atoms with Crippen LogP contribution in [-0.2, 0) is 17.3 Å². The van der Waals surface area contributed by atoms with Crippen LogP contribution in [0.3, 0.4) is 0 Å². The first-order valence-electron chi connectivity index (χ1n) is 6.93. The lowest BCUT2D eigenvalue weighted by atomic mass is 10.00. The van der Waals surface area contributed by atoms with Crippen LogP contribution in [0.1, 0.15) is 23.1 Å². The molecule has 0 spiro atoms. The average Bonchev–Trinajstić information content (AvgIpc) is 2.38. The SMILES string of the molecule is Cc1ccc(C(F)(F)F)c(CCCN2CCOCC2)c1. The molecule has 0 bridgehead atoms. The summed E-state index contributed by atoms with van der Waals surface area (Å²) >= 11 is 0. The topological polar surface area (TPSA) is 12.5 Å². The summed E-state index contributed by atoms with van der Waals surface area (Å²) < 4.78 is 44.1. The first kappa shape index (κ1) is 15.3. The minimum absolute atomic E-state index is 0.408. The molecule has 2 nitrogen and oxygen atoms in total. The molecule has 0 N–H and O–H groups in total. The van der Waals surface area contributed by atoms with Crippen molar-refractivity contribution in [2.24, 2.45) is 0 Å². The fraction of sp³-hybridized carbons (Fsp3) is 0.600. The van der Waals surface area contributed by atoms with Crippen LogP contribution in [0.25, 0.3) is 0 Å². The summed E-state index contributed by atoms with van der Waals surface area (Å²) in [5, 5.41) is 0. The molecular formula is C15H20F3NO. The number of ether oxygens (including phenoxy) is 1. The standard InChI is InChI=1S/C15H20F3NO/c1-12-4-5-14(15(16,17)18)13(11-12)3-2-6-19-7-9-20-10-8-19/h4-5,11H,2-3,6-10H2,1H3. The Hall–Kier alpha value is -1.07. The van der Waals surface area contributed by atoms with Crippen molar-refractivity contribution in [3.8, 4) is 0 Å². The molecule has 1 fully saturated rings. The monoisotopic (exact) mass is 287 g/mol. The summed E-state index contributed by atoms with van der Waals surface area (Å²) in [5.41, 5.74) is 0.787. The maximum Gasteiger partial charge on any atom is 0.416 e. The van der Waals surface area contributed by atoms with E-state index in [1.807, 2.05) is 6.92 Å². The highest BCUT2D eigenvalue weighted by Gasteiger charge is 2.32. The molecule has 1 aliphatic rings. The van der Waals surface area contributed by atoms with Crippen molar-refractivity contribution in [3.05, 3.63) is 34.9 Å². The summed E-state index contributed by atoms with van der Waals surface area (Å²) in [6.07, 6.45) is -3.05. The number of benzene rings is 1. The molecule has 1 saturated heterocycles. The van der Waals surface area contributed by atoms with Crippen LogP contribution in [0.15, 0.2) is 18.2 Å². The predicted molar refractivity (Wildman–Crippen MR) is 71.8 cm³/mol. The number of aryl methyl sites for hydroxylation is 2. The molecular weight excluding hydrogens is 267 g/mol. The summed E-state index contributed by atoms with van der Waals surface area (Å²) in [4.78, 5) is 2.24. The smallest absolute Gasteiger partial charge is 0.379 e. The van der Waals surface area contributed by atoms with E-state index in [9.17, 15) is 13.2 Å². The molecule has 1 aromatic rings. The number of rotatable bonds is 4. The van der Waals surface area contributed by atoms with Crippen LogP contribution in [0, 0.1) is 6.92 Å². The zero-order valence-corrected chi connectivity index (χ0v) is 11.7. The van der Waals surface area contributed by atoms with Crippen molar-refractivity contribution in [1.29, 1.82) is 0 Å². The molecule has 2 rings (SSSR count). The Morgan fingerprint density at radius 2 is 1.90 bits per heavy atom. The van der Waals surface area contributed by atoms with Crippen molar-refractivity contribution in [3.63, 3.8) is 0 Å². The highest BCUT2D eigenvalue weighted by molar-refractivity contribution is 5.33. The van der Waals surface area contributed by atoms with Gasteiger partial charge in [-0.1, -0.05) is 17.7 Å². The van der Waals surface area contributed by atoms with E-state index in [0.717, 1.165) is 44.8 Å². The lowest BCUT2D eigenvalue weighted by Crippen LogP contribution is -2.37. The lowest BCUT2D eigenvalue weighted by molar-refractivity contribution is -0.138. The summed E-state index contributed by atoms with van der Waals surface area (Å²) in [5.74, 6) is 0. The van der Waals surface area contributed by atoms with Gasteiger partial charge in [0.25, 0.3) is 0 Å². The molecule has 0 amide bonds. The Labute approximate surface area is 117 Å². The van der Waals surface area contributed by atoms with Crippen LogP contribution >= 0.6 is 0 Å². The molecule has 0 aliphatic carbocycles. The second-order valence-electron chi connectivity index (χ2n) is 5.22. The van der Waals surface area contributed by atoms with Crippen LogP contribution in [0.5, 0.6) is 0 Å². The molecule has 0 radical (unpaired) electrons. The number of halogens is 3. The molecule has 0 atom stereocenters. The Bertz CT molecular complexity index is 439. The van der Waals surface area contributed by atoms with Gasteiger partial charge in [0.1, 0.15) is 0 Å². The first-order valence-corrected chi connectivity index (χ1v) is 6.93. The largest absolute Gasteiger partial charge is 0.416 e. The molecule has 20 heavy (non-hydrogen) atoms. The van der Waals surface area contributed by atoms with Crippen molar-refractivity contribution in [1.82, 2.24) is 4.90 Å². The first-order chi connectivity index (χ1) is 9.47. The van der Waals surface area contributed by atoms with Crippen LogP contribution in [0.2, 0.25) is 0 Å². The molecule has 1 aliphatic heterocycles. The van der Waals surface area contributed by atoms with Gasteiger partial charge >= 0.3 is 6.18 Å². The molecule has 1 aromatic carbocycles. The molecule has 0 saturated carbocycles. The average molecular weight is 287 g/mol. The predicted octanol–water partition coefficient (Wildman–Crippen LogP) is 3.28. The summed E-state index contributed by atoms with van der Waals surface area (Å²) in [6.45, 7) is 5.84. The van der Waals surface area contributed by atoms with Gasteiger partial charge in [-0.3, -0.25) is 4.90 Å². The van der Waals surface area contributed by atoms with Gasteiger partial charge in [-0.25, -0.2) is 0 Å². The fourth-order valence-corrected chi connectivity index (χ4v) is 2.52. The van der Waals surface area contributed by atoms with Gasteiger partial charge in [-0.05, 0) is 37.9 Å². The highest BCUT2D eigenvalue weighted by atomic mass is 19.4. The van der Waals surface area contributed by atoms with Gasteiger partial charge in [0.05, 0.1) is 18.8 Å². The quantitative estimate of drug-likeness (QED) is 0.842. The zero-order valence-electron chi connectivity index (χ0n) is 11.7. The molecule has 0 aromatic heterocycles. The number of alkyl halides is 3. The second kappa shape index (κ2) is 6.59. The molecule has 112 valence electrons. The van der Waals surface area contributed by atoms with Gasteiger partial charge in [0.2, 0.25) is 0 Å². The van der Waals surface area contributed by atoms with E-state index in [1.54, 1.807) is 6.07 Å². The summed E-state index contributed by atoms with van der Waals surface area (Å²) in [6, 6.07) is 4.37. The van der Waals surface area contributed by atoms with Crippen LogP contribution in [-0.4, -0.2) is 37.7 Å². The van der Waals surface area contributed by atoms with Crippen molar-refractivity contribution in [2.75, 3.05) is 32.8 Å². The number of hydrogen-bond donors (Lipinski definition) is 0. The van der Waals surface area contributed by atoms with Crippen molar-refractivity contribution in [2.45, 2.75) is 25.9 Å². The Morgan fingerprint density at radius 1 is 1.20 bits per heavy atom. The number of nitrogens with zero attached hydrogens (tertiary/aromatic N) is 1. The van der Waals surface area contributed by atoms with Crippen molar-refractivity contribution >= 4 is 0 Å². The Balaban J connectivity index is 1.95. The van der Waals surface area contributed by atoms with E-state index in [0.29, 0.717) is 12.0 Å². The highest BCUT2D eigenvalue weighted by Crippen LogP contribution is 2.33. The van der Waals surface area contributed by atoms with Crippen LogP contribution < -0.4 is 0 Å². The maximum absolute atomic E-state index is 12.9. The number of morpholine rings is 1. The zero-order chi connectivity index (χ0) is 14.6. The third-order valence-corrected chi connectivity index (χ3v) is 3.59. The minimum Gasteiger partial charge on any atom is -0.379 e. The normalized spacial score (nSPS) is 17.4. The van der Waals surface area contributed by atoms with Gasteiger partial charge < -0.3 is 4.74 Å². The third-order valence-electron chi connectivity index (χ3n) is 3.59. The van der Waals surface area contributed by atoms with Gasteiger partial charge in [-0.15, -0.1) is 0 Å². The second-order valence-corrected chi connectivity index (χ2v) is 5.22. The maximum atomic E-state index is 12.9. The lowest BCUT2D eigenvalue weighted by Gasteiger charge is -2.26. The minimum atomic E-state index is -4.26. The van der Waals surface area contributed by atoms with Gasteiger partial charge in [0.15, 0.2) is 0 Å². The van der Waals surface area contributed by atoms with E-state index < -0.39 is 11.7 Å². The summed E-state index contributed by atoms with van der Waals surface area (Å²) in [7, 11) is 0. The van der Waals surface area contributed by atoms with E-state index >= 15 is 0 Å². The van der Waals surface area contributed by atoms with Gasteiger partial charge in [0, 0.05) is 13.1 Å². The number of hydrogen-bond acceptors (Lipinski definition) is 2. The van der Waals surface area contributed by atoms with Crippen LogP contribution in [0.4, 0.5) is 13.2 Å². The van der Waals surface area contributed by atoms with Crippen molar-refractivity contribution < 1.29 is 17.9 Å². The molecule has 1 heterocycles. The Kier molecular flexibility index (Phi) is 5.05. The van der Waals surface area contributed by atoms with E-state index in [4.69, 9.17) is 4.74 Å². The third kappa shape index (κ3) is 4.21. The Morgan fingerprint density at radius 3 is 2.55 bits per heavy atom. The fourth-order valence-electron chi connectivity index (χ4n) is 2.52. The van der Waals surface area contributed by atoms with E-state index in [-0.39, 0.29) is 0 Å². The van der Waals surface area contributed by atoms with E-state index in [1.165, 1.54) is 12.1 Å². The van der Waals surface area contributed by atoms with E-state index in [2.05, 4.69) is 4.90 Å². The molecule has 5 heteroatoms.